The maximum atomic E-state index is 11.5. The molecule has 1 fully saturated rings. The van der Waals surface area contributed by atoms with Crippen molar-refractivity contribution in [1.29, 1.82) is 0 Å². The van der Waals surface area contributed by atoms with Crippen molar-refractivity contribution >= 4 is 11.8 Å². The minimum atomic E-state index is -0.0185. The molecule has 6 heteroatoms. The highest BCUT2D eigenvalue weighted by molar-refractivity contribution is 5.80. The van der Waals surface area contributed by atoms with Crippen LogP contribution in [0.4, 0.5) is 0 Å². The van der Waals surface area contributed by atoms with E-state index >= 15 is 0 Å². The molecule has 1 rings (SSSR count). The standard InChI is InChI=1S/C11H22N4O2/c1-2-13-10(16)3-4-14-11(17)9-15-7-5-12-6-8-15/h12H,2-9H2,1H3,(H,13,16)(H,14,17). The fourth-order valence-electron chi connectivity index (χ4n) is 1.73. The van der Waals surface area contributed by atoms with Gasteiger partial charge in [0.25, 0.3) is 0 Å². The van der Waals surface area contributed by atoms with Gasteiger partial charge in [0, 0.05) is 45.7 Å². The van der Waals surface area contributed by atoms with Gasteiger partial charge in [-0.3, -0.25) is 14.5 Å². The fraction of sp³-hybridized carbons (Fsp3) is 0.818. The van der Waals surface area contributed by atoms with E-state index in [1.54, 1.807) is 0 Å². The lowest BCUT2D eigenvalue weighted by molar-refractivity contribution is -0.123. The first-order valence-corrected chi connectivity index (χ1v) is 6.19. The Morgan fingerprint density at radius 2 is 1.88 bits per heavy atom. The summed E-state index contributed by atoms with van der Waals surface area (Å²) >= 11 is 0. The molecule has 17 heavy (non-hydrogen) atoms. The summed E-state index contributed by atoms with van der Waals surface area (Å²) in [4.78, 5) is 24.8. The van der Waals surface area contributed by atoms with Gasteiger partial charge in [-0.25, -0.2) is 0 Å². The Kier molecular flexibility index (Phi) is 6.57. The summed E-state index contributed by atoms with van der Waals surface area (Å²) in [6.45, 7) is 7.04. The second-order valence-electron chi connectivity index (χ2n) is 4.08. The third-order valence-electron chi connectivity index (χ3n) is 2.63. The first-order chi connectivity index (χ1) is 8.22. The van der Waals surface area contributed by atoms with Gasteiger partial charge in [-0.2, -0.15) is 0 Å². The van der Waals surface area contributed by atoms with Crippen molar-refractivity contribution in [2.75, 3.05) is 45.8 Å². The molecular formula is C11H22N4O2. The highest BCUT2D eigenvalue weighted by atomic mass is 16.2. The number of carbonyl (C=O) groups is 2. The number of piperazine rings is 1. The first kappa shape index (κ1) is 13.9. The Labute approximate surface area is 102 Å². The molecule has 6 nitrogen and oxygen atoms in total. The summed E-state index contributed by atoms with van der Waals surface area (Å²) in [5, 5.41) is 8.68. The Balaban J connectivity index is 2.06. The Bertz CT molecular complexity index is 252. The molecule has 0 saturated carbocycles. The molecule has 98 valence electrons. The fourth-order valence-corrected chi connectivity index (χ4v) is 1.73. The smallest absolute Gasteiger partial charge is 0.234 e. The molecule has 1 saturated heterocycles. The number of nitrogens with zero attached hydrogens (tertiary/aromatic N) is 1. The number of amides is 2. The Hall–Kier alpha value is -1.14. The van der Waals surface area contributed by atoms with Crippen molar-refractivity contribution in [3.8, 4) is 0 Å². The summed E-state index contributed by atoms with van der Waals surface area (Å²) in [6, 6.07) is 0. The number of hydrogen-bond acceptors (Lipinski definition) is 4. The van der Waals surface area contributed by atoms with E-state index in [4.69, 9.17) is 0 Å². The van der Waals surface area contributed by atoms with Crippen LogP contribution in [0.1, 0.15) is 13.3 Å². The van der Waals surface area contributed by atoms with Crippen molar-refractivity contribution in [2.45, 2.75) is 13.3 Å². The third-order valence-corrected chi connectivity index (χ3v) is 2.63. The highest BCUT2D eigenvalue weighted by Gasteiger charge is 2.13. The van der Waals surface area contributed by atoms with Crippen molar-refractivity contribution in [2.24, 2.45) is 0 Å². The molecule has 2 amide bonds. The van der Waals surface area contributed by atoms with Gasteiger partial charge in [-0.05, 0) is 6.92 Å². The van der Waals surface area contributed by atoms with E-state index in [0.717, 1.165) is 26.2 Å². The zero-order valence-corrected chi connectivity index (χ0v) is 10.4. The topological polar surface area (TPSA) is 73.5 Å². The van der Waals surface area contributed by atoms with Crippen molar-refractivity contribution in [3.63, 3.8) is 0 Å². The van der Waals surface area contributed by atoms with Crippen LogP contribution >= 0.6 is 0 Å². The van der Waals surface area contributed by atoms with E-state index in [0.29, 0.717) is 26.1 Å². The molecule has 1 heterocycles. The van der Waals surface area contributed by atoms with Gasteiger partial charge in [0.15, 0.2) is 0 Å². The summed E-state index contributed by atoms with van der Waals surface area (Å²) in [5.41, 5.74) is 0. The Morgan fingerprint density at radius 3 is 2.53 bits per heavy atom. The van der Waals surface area contributed by atoms with Crippen LogP contribution in [0.25, 0.3) is 0 Å². The maximum absolute atomic E-state index is 11.5. The van der Waals surface area contributed by atoms with E-state index in [1.807, 2.05) is 6.92 Å². The summed E-state index contributed by atoms with van der Waals surface area (Å²) < 4.78 is 0. The maximum Gasteiger partial charge on any atom is 0.234 e. The van der Waals surface area contributed by atoms with Gasteiger partial charge in [0.2, 0.25) is 11.8 Å². The molecular weight excluding hydrogens is 220 g/mol. The molecule has 0 atom stereocenters. The second-order valence-corrected chi connectivity index (χ2v) is 4.08. The lowest BCUT2D eigenvalue weighted by Crippen LogP contribution is -2.47. The van der Waals surface area contributed by atoms with E-state index in [-0.39, 0.29) is 11.8 Å². The lowest BCUT2D eigenvalue weighted by atomic mass is 10.3. The van der Waals surface area contributed by atoms with Crippen LogP contribution in [0.5, 0.6) is 0 Å². The van der Waals surface area contributed by atoms with Gasteiger partial charge >= 0.3 is 0 Å². The van der Waals surface area contributed by atoms with Crippen LogP contribution in [-0.4, -0.2) is 62.5 Å². The molecule has 0 radical (unpaired) electrons. The van der Waals surface area contributed by atoms with E-state index in [1.165, 1.54) is 0 Å². The molecule has 0 aromatic heterocycles. The number of hydrogen-bond donors (Lipinski definition) is 3. The number of carbonyl (C=O) groups excluding carboxylic acids is 2. The highest BCUT2D eigenvalue weighted by Crippen LogP contribution is 1.91. The van der Waals surface area contributed by atoms with E-state index in [2.05, 4.69) is 20.9 Å². The van der Waals surface area contributed by atoms with Crippen molar-refractivity contribution in [3.05, 3.63) is 0 Å². The van der Waals surface area contributed by atoms with Crippen LogP contribution in [0.3, 0.4) is 0 Å². The van der Waals surface area contributed by atoms with Crippen LogP contribution in [0, 0.1) is 0 Å². The zero-order valence-electron chi connectivity index (χ0n) is 10.4. The van der Waals surface area contributed by atoms with Crippen molar-refractivity contribution < 1.29 is 9.59 Å². The minimum absolute atomic E-state index is 0.00352. The Morgan fingerprint density at radius 1 is 1.18 bits per heavy atom. The van der Waals surface area contributed by atoms with Crippen LogP contribution in [0.15, 0.2) is 0 Å². The molecule has 1 aliphatic rings. The number of nitrogens with one attached hydrogen (secondary N) is 3. The summed E-state index contributed by atoms with van der Waals surface area (Å²) in [5.74, 6) is -0.0221. The predicted octanol–water partition coefficient (Wildman–Crippen LogP) is -1.47. The monoisotopic (exact) mass is 242 g/mol. The minimum Gasteiger partial charge on any atom is -0.356 e. The molecule has 0 spiro atoms. The van der Waals surface area contributed by atoms with Crippen LogP contribution in [-0.2, 0) is 9.59 Å². The van der Waals surface area contributed by atoms with Crippen LogP contribution in [0.2, 0.25) is 0 Å². The van der Waals surface area contributed by atoms with Crippen LogP contribution < -0.4 is 16.0 Å². The molecule has 3 N–H and O–H groups in total. The molecule has 0 bridgehead atoms. The SMILES string of the molecule is CCNC(=O)CCNC(=O)CN1CCNCC1. The van der Waals surface area contributed by atoms with E-state index < -0.39 is 0 Å². The molecule has 0 unspecified atom stereocenters. The first-order valence-electron chi connectivity index (χ1n) is 6.19. The molecule has 0 aliphatic carbocycles. The lowest BCUT2D eigenvalue weighted by Gasteiger charge is -2.26. The van der Waals surface area contributed by atoms with Gasteiger partial charge in [-0.15, -0.1) is 0 Å². The second kappa shape index (κ2) is 8.03. The predicted molar refractivity (Wildman–Crippen MR) is 65.6 cm³/mol. The van der Waals surface area contributed by atoms with Gasteiger partial charge < -0.3 is 16.0 Å². The molecule has 0 aromatic rings. The van der Waals surface area contributed by atoms with Gasteiger partial charge in [0.05, 0.1) is 6.54 Å². The average Bonchev–Trinajstić information content (AvgIpc) is 2.30. The van der Waals surface area contributed by atoms with Gasteiger partial charge in [0.1, 0.15) is 0 Å². The van der Waals surface area contributed by atoms with E-state index in [9.17, 15) is 9.59 Å². The summed E-state index contributed by atoms with van der Waals surface area (Å²) in [6.07, 6.45) is 0.348. The average molecular weight is 242 g/mol. The summed E-state index contributed by atoms with van der Waals surface area (Å²) in [7, 11) is 0. The third kappa shape index (κ3) is 6.23. The number of rotatable bonds is 6. The molecule has 0 aromatic carbocycles. The largest absolute Gasteiger partial charge is 0.356 e. The zero-order chi connectivity index (χ0) is 12.5. The van der Waals surface area contributed by atoms with Gasteiger partial charge in [-0.1, -0.05) is 0 Å². The quantitative estimate of drug-likeness (QED) is 0.532. The molecule has 1 aliphatic heterocycles. The normalized spacial score (nSPS) is 16.5. The van der Waals surface area contributed by atoms with Crippen molar-refractivity contribution in [1.82, 2.24) is 20.9 Å².